The van der Waals surface area contributed by atoms with Crippen LogP contribution in [0.5, 0.6) is 11.5 Å². The largest absolute Gasteiger partial charge is 0.496 e. The van der Waals surface area contributed by atoms with Crippen molar-refractivity contribution in [2.24, 2.45) is 0 Å². The average molecular weight is 240 g/mol. The molecule has 96 valence electrons. The van der Waals surface area contributed by atoms with Crippen molar-refractivity contribution in [3.8, 4) is 11.5 Å². The van der Waals surface area contributed by atoms with Gasteiger partial charge in [0.25, 0.3) is 0 Å². The summed E-state index contributed by atoms with van der Waals surface area (Å²) in [5.74, 6) is 1.27. The first-order valence-electron chi connectivity index (χ1n) is 5.71. The number of aliphatic hydroxyl groups excluding tert-OH is 1. The molecule has 1 unspecified atom stereocenters. The molecule has 1 aromatic rings. The van der Waals surface area contributed by atoms with Crippen LogP contribution < -0.4 is 9.47 Å². The molecule has 0 saturated carbocycles. The Morgan fingerprint density at radius 1 is 1.18 bits per heavy atom. The summed E-state index contributed by atoms with van der Waals surface area (Å²) in [6.07, 6.45) is -0.127. The van der Waals surface area contributed by atoms with Crippen LogP contribution in [0.1, 0.15) is 25.0 Å². The van der Waals surface area contributed by atoms with Crippen molar-refractivity contribution < 1.29 is 19.3 Å². The molecule has 0 spiro atoms. The Labute approximate surface area is 102 Å². The predicted octanol–water partition coefficient (Wildman–Crippen LogP) is 2.16. The molecule has 0 heterocycles. The molecule has 4 heteroatoms. The fraction of sp³-hybridized carbons (Fsp3) is 0.538. The second-order valence-corrected chi connectivity index (χ2v) is 3.58. The summed E-state index contributed by atoms with van der Waals surface area (Å²) in [5, 5.41) is 10.1. The van der Waals surface area contributed by atoms with Crippen LogP contribution >= 0.6 is 0 Å². The van der Waals surface area contributed by atoms with E-state index >= 15 is 0 Å². The Balaban J connectivity index is 2.85. The van der Waals surface area contributed by atoms with E-state index in [1.54, 1.807) is 14.2 Å². The van der Waals surface area contributed by atoms with Crippen molar-refractivity contribution in [1.29, 1.82) is 0 Å². The zero-order valence-corrected chi connectivity index (χ0v) is 10.6. The summed E-state index contributed by atoms with van der Waals surface area (Å²) in [4.78, 5) is 0. The molecule has 0 aliphatic rings. The van der Waals surface area contributed by atoms with Gasteiger partial charge in [0.05, 0.1) is 25.9 Å². The third kappa shape index (κ3) is 3.61. The number of methoxy groups -OCH3 is 2. The number of rotatable bonds is 7. The van der Waals surface area contributed by atoms with E-state index in [9.17, 15) is 5.11 Å². The second kappa shape index (κ2) is 7.14. The van der Waals surface area contributed by atoms with Gasteiger partial charge in [0, 0.05) is 19.6 Å². The lowest BCUT2D eigenvalue weighted by Gasteiger charge is -2.17. The van der Waals surface area contributed by atoms with Crippen molar-refractivity contribution in [2.75, 3.05) is 27.4 Å². The Kier molecular flexibility index (Phi) is 5.80. The van der Waals surface area contributed by atoms with Crippen LogP contribution in [0.4, 0.5) is 0 Å². The van der Waals surface area contributed by atoms with Gasteiger partial charge < -0.3 is 19.3 Å². The van der Waals surface area contributed by atoms with Crippen molar-refractivity contribution >= 4 is 0 Å². The topological polar surface area (TPSA) is 47.9 Å². The van der Waals surface area contributed by atoms with E-state index in [4.69, 9.17) is 14.2 Å². The minimum Gasteiger partial charge on any atom is -0.496 e. The van der Waals surface area contributed by atoms with E-state index in [1.165, 1.54) is 0 Å². The third-order valence-corrected chi connectivity index (χ3v) is 2.54. The van der Waals surface area contributed by atoms with Gasteiger partial charge in [-0.1, -0.05) is 6.07 Å². The van der Waals surface area contributed by atoms with E-state index in [1.807, 2.05) is 25.1 Å². The molecule has 17 heavy (non-hydrogen) atoms. The van der Waals surface area contributed by atoms with Gasteiger partial charge >= 0.3 is 0 Å². The molecule has 0 aliphatic heterocycles. The molecule has 1 rings (SSSR count). The minimum atomic E-state index is -0.646. The highest BCUT2D eigenvalue weighted by Gasteiger charge is 2.18. The fourth-order valence-corrected chi connectivity index (χ4v) is 1.69. The van der Waals surface area contributed by atoms with E-state index in [0.717, 1.165) is 0 Å². The van der Waals surface area contributed by atoms with Gasteiger partial charge in [0.15, 0.2) is 0 Å². The number of aliphatic hydroxyl groups is 1. The summed E-state index contributed by atoms with van der Waals surface area (Å²) < 4.78 is 15.7. The van der Waals surface area contributed by atoms with Crippen molar-refractivity contribution in [2.45, 2.75) is 19.4 Å². The van der Waals surface area contributed by atoms with E-state index in [-0.39, 0.29) is 0 Å². The lowest BCUT2D eigenvalue weighted by atomic mass is 10.0. The SMILES string of the molecule is CCOCCC(O)c1c(OC)cccc1OC. The van der Waals surface area contributed by atoms with Gasteiger partial charge in [0.1, 0.15) is 11.5 Å². The molecule has 0 saturated heterocycles. The molecule has 0 bridgehead atoms. The molecule has 1 atom stereocenters. The number of hydrogen-bond donors (Lipinski definition) is 1. The van der Waals surface area contributed by atoms with Crippen LogP contribution in [-0.2, 0) is 4.74 Å². The van der Waals surface area contributed by atoms with E-state index < -0.39 is 6.10 Å². The fourth-order valence-electron chi connectivity index (χ4n) is 1.69. The van der Waals surface area contributed by atoms with Gasteiger partial charge in [-0.05, 0) is 19.1 Å². The molecule has 4 nitrogen and oxygen atoms in total. The van der Waals surface area contributed by atoms with E-state index in [0.29, 0.717) is 36.7 Å². The first kappa shape index (κ1) is 13.8. The zero-order chi connectivity index (χ0) is 12.7. The van der Waals surface area contributed by atoms with Gasteiger partial charge in [-0.2, -0.15) is 0 Å². The highest BCUT2D eigenvalue weighted by molar-refractivity contribution is 5.46. The van der Waals surface area contributed by atoms with Crippen LogP contribution in [0.15, 0.2) is 18.2 Å². The Bertz CT molecular complexity index is 316. The zero-order valence-electron chi connectivity index (χ0n) is 10.6. The maximum absolute atomic E-state index is 10.1. The molecule has 0 amide bonds. The monoisotopic (exact) mass is 240 g/mol. The molecule has 1 N–H and O–H groups in total. The van der Waals surface area contributed by atoms with Crippen LogP contribution in [0, 0.1) is 0 Å². The summed E-state index contributed by atoms with van der Waals surface area (Å²) in [7, 11) is 3.15. The number of hydrogen-bond acceptors (Lipinski definition) is 4. The summed E-state index contributed by atoms with van der Waals surface area (Å²) >= 11 is 0. The maximum atomic E-state index is 10.1. The van der Waals surface area contributed by atoms with Gasteiger partial charge in [-0.3, -0.25) is 0 Å². The van der Waals surface area contributed by atoms with Gasteiger partial charge in [-0.25, -0.2) is 0 Å². The van der Waals surface area contributed by atoms with E-state index in [2.05, 4.69) is 0 Å². The normalized spacial score (nSPS) is 12.2. The molecule has 0 fully saturated rings. The van der Waals surface area contributed by atoms with Crippen LogP contribution in [0.2, 0.25) is 0 Å². The first-order chi connectivity index (χ1) is 8.24. The molecule has 0 aliphatic carbocycles. The molecule has 1 aromatic carbocycles. The standard InChI is InChI=1S/C13H20O4/c1-4-17-9-8-10(14)13-11(15-2)6-5-7-12(13)16-3/h5-7,10,14H,4,8-9H2,1-3H3. The lowest BCUT2D eigenvalue weighted by Crippen LogP contribution is -2.07. The maximum Gasteiger partial charge on any atom is 0.128 e. The summed E-state index contributed by atoms with van der Waals surface area (Å²) in [6, 6.07) is 5.44. The number of benzene rings is 1. The molecular formula is C13H20O4. The predicted molar refractivity (Wildman–Crippen MR) is 65.6 cm³/mol. The summed E-state index contributed by atoms with van der Waals surface area (Å²) in [5.41, 5.74) is 0.678. The minimum absolute atomic E-state index is 0.513. The molecule has 0 aromatic heterocycles. The Morgan fingerprint density at radius 3 is 2.24 bits per heavy atom. The van der Waals surface area contributed by atoms with Crippen molar-refractivity contribution in [3.63, 3.8) is 0 Å². The molecular weight excluding hydrogens is 220 g/mol. The van der Waals surface area contributed by atoms with Gasteiger partial charge in [-0.15, -0.1) is 0 Å². The Hall–Kier alpha value is -1.26. The van der Waals surface area contributed by atoms with Crippen molar-refractivity contribution in [3.05, 3.63) is 23.8 Å². The summed E-state index contributed by atoms with van der Waals surface area (Å²) in [6.45, 7) is 3.09. The van der Waals surface area contributed by atoms with Crippen LogP contribution in [0.25, 0.3) is 0 Å². The van der Waals surface area contributed by atoms with Gasteiger partial charge in [0.2, 0.25) is 0 Å². The van der Waals surface area contributed by atoms with Crippen LogP contribution in [0.3, 0.4) is 0 Å². The van der Waals surface area contributed by atoms with Crippen LogP contribution in [-0.4, -0.2) is 32.5 Å². The highest BCUT2D eigenvalue weighted by Crippen LogP contribution is 2.35. The smallest absolute Gasteiger partial charge is 0.128 e. The third-order valence-electron chi connectivity index (χ3n) is 2.54. The lowest BCUT2D eigenvalue weighted by molar-refractivity contribution is 0.0859. The quantitative estimate of drug-likeness (QED) is 0.742. The highest BCUT2D eigenvalue weighted by atomic mass is 16.5. The second-order valence-electron chi connectivity index (χ2n) is 3.58. The first-order valence-corrected chi connectivity index (χ1v) is 5.71. The Morgan fingerprint density at radius 2 is 1.76 bits per heavy atom. The average Bonchev–Trinajstić information content (AvgIpc) is 2.37. The number of ether oxygens (including phenoxy) is 3. The molecule has 0 radical (unpaired) electrons. The van der Waals surface area contributed by atoms with Crippen molar-refractivity contribution in [1.82, 2.24) is 0 Å².